The Kier molecular flexibility index (Phi) is 10.2. The SMILES string of the molecule is CCCCCCc1ccc(-c2cc(-c3cc(-c4ccc(CCCCCC)s4)c(-c4cc5sc(C)cc5s4)s3)sc2C)s1. The van der Waals surface area contributed by atoms with Crippen LogP contribution in [0.4, 0.5) is 0 Å². The summed E-state index contributed by atoms with van der Waals surface area (Å²) < 4.78 is 2.85. The predicted octanol–water partition coefficient (Wildman–Crippen LogP) is 14.7. The van der Waals surface area contributed by atoms with E-state index in [4.69, 9.17) is 0 Å². The standard InChI is InChI=1S/C36H40S6/c1-5-7-9-11-13-25-15-17-29(39-25)27-20-32(38-24(27)4)33-21-28(30-18-16-26(40-30)14-12-10-8-6-2)36(42-33)35-22-34-31(41-35)19-23(3)37-34/h15-22H,5-14H2,1-4H3. The van der Waals surface area contributed by atoms with Crippen molar-refractivity contribution in [2.45, 2.75) is 91.9 Å². The fourth-order valence-electron chi connectivity index (χ4n) is 5.56. The number of aryl methyl sites for hydroxylation is 4. The monoisotopic (exact) mass is 664 g/mol. The second kappa shape index (κ2) is 14.0. The molecule has 6 aromatic rings. The largest absolute Gasteiger partial charge is 0.140 e. The smallest absolute Gasteiger partial charge is 0.0536 e. The fourth-order valence-corrected chi connectivity index (χ4v) is 12.6. The highest BCUT2D eigenvalue weighted by Gasteiger charge is 2.20. The van der Waals surface area contributed by atoms with Crippen molar-refractivity contribution in [3.8, 4) is 40.4 Å². The molecule has 6 rings (SSSR count). The Bertz CT molecular complexity index is 1710. The molecule has 0 spiro atoms. The Labute approximate surface area is 275 Å². The second-order valence-electron chi connectivity index (χ2n) is 11.3. The van der Waals surface area contributed by atoms with Crippen molar-refractivity contribution < 1.29 is 0 Å². The van der Waals surface area contributed by atoms with Crippen molar-refractivity contribution in [3.05, 3.63) is 68.0 Å². The minimum absolute atomic E-state index is 1.21. The molecule has 42 heavy (non-hydrogen) atoms. The van der Waals surface area contributed by atoms with Crippen LogP contribution in [0.2, 0.25) is 0 Å². The van der Waals surface area contributed by atoms with Gasteiger partial charge in [-0.3, -0.25) is 0 Å². The van der Waals surface area contributed by atoms with Crippen LogP contribution in [0.1, 0.15) is 84.7 Å². The third-order valence-corrected chi connectivity index (χ3v) is 15.0. The van der Waals surface area contributed by atoms with Crippen molar-refractivity contribution in [1.82, 2.24) is 0 Å². The van der Waals surface area contributed by atoms with Crippen LogP contribution < -0.4 is 0 Å². The van der Waals surface area contributed by atoms with E-state index >= 15 is 0 Å². The number of fused-ring (bicyclic) bond motifs is 1. The molecule has 0 unspecified atom stereocenters. The number of rotatable bonds is 14. The normalized spacial score (nSPS) is 11.8. The Balaban J connectivity index is 1.31. The lowest BCUT2D eigenvalue weighted by molar-refractivity contribution is 0.670. The van der Waals surface area contributed by atoms with Crippen LogP contribution in [-0.2, 0) is 12.8 Å². The molecule has 0 fully saturated rings. The molecule has 0 aliphatic heterocycles. The predicted molar refractivity (Wildman–Crippen MR) is 198 cm³/mol. The maximum Gasteiger partial charge on any atom is 0.0536 e. The van der Waals surface area contributed by atoms with Gasteiger partial charge in [-0.1, -0.05) is 52.4 Å². The van der Waals surface area contributed by atoms with Crippen LogP contribution in [0.5, 0.6) is 0 Å². The molecule has 0 aliphatic rings. The van der Waals surface area contributed by atoms with Gasteiger partial charge >= 0.3 is 0 Å². The molecule has 0 amide bonds. The molecule has 6 heterocycles. The first-order chi connectivity index (χ1) is 20.5. The van der Waals surface area contributed by atoms with E-state index < -0.39 is 0 Å². The van der Waals surface area contributed by atoms with Gasteiger partial charge in [-0.15, -0.1) is 68.0 Å². The minimum Gasteiger partial charge on any atom is -0.140 e. The van der Waals surface area contributed by atoms with Crippen molar-refractivity contribution >= 4 is 77.4 Å². The summed E-state index contributed by atoms with van der Waals surface area (Å²) in [4.78, 5) is 14.4. The average Bonchev–Trinajstić information content (AvgIpc) is 3.80. The summed E-state index contributed by atoms with van der Waals surface area (Å²) >= 11 is 11.8. The molecular formula is C36H40S6. The number of hydrogen-bond acceptors (Lipinski definition) is 6. The lowest BCUT2D eigenvalue weighted by Gasteiger charge is -1.99. The van der Waals surface area contributed by atoms with Crippen molar-refractivity contribution in [2.75, 3.05) is 0 Å². The van der Waals surface area contributed by atoms with E-state index in [0.29, 0.717) is 0 Å². The van der Waals surface area contributed by atoms with Crippen molar-refractivity contribution in [3.63, 3.8) is 0 Å². The molecule has 0 saturated heterocycles. The Morgan fingerprint density at radius 1 is 0.476 bits per heavy atom. The summed E-state index contributed by atoms with van der Waals surface area (Å²) in [6, 6.07) is 19.2. The maximum absolute atomic E-state index is 2.49. The zero-order valence-electron chi connectivity index (χ0n) is 25.1. The molecule has 0 bridgehead atoms. The van der Waals surface area contributed by atoms with Crippen molar-refractivity contribution in [2.24, 2.45) is 0 Å². The lowest BCUT2D eigenvalue weighted by atomic mass is 10.1. The van der Waals surface area contributed by atoms with Gasteiger partial charge in [0.25, 0.3) is 0 Å². The van der Waals surface area contributed by atoms with Gasteiger partial charge < -0.3 is 0 Å². The quantitative estimate of drug-likeness (QED) is 0.102. The van der Waals surface area contributed by atoms with Crippen LogP contribution in [0.25, 0.3) is 49.8 Å². The zero-order chi connectivity index (χ0) is 29.1. The fraction of sp³-hybridized carbons (Fsp3) is 0.389. The van der Waals surface area contributed by atoms with Gasteiger partial charge in [0.1, 0.15) is 0 Å². The van der Waals surface area contributed by atoms with Gasteiger partial charge in [0.05, 0.1) is 4.88 Å². The first-order valence-electron chi connectivity index (χ1n) is 15.5. The molecule has 0 nitrogen and oxygen atoms in total. The third-order valence-electron chi connectivity index (χ3n) is 7.85. The highest BCUT2D eigenvalue weighted by Crippen LogP contribution is 2.51. The third kappa shape index (κ3) is 6.90. The number of unbranched alkanes of at least 4 members (excludes halogenated alkanes) is 6. The summed E-state index contributed by atoms with van der Waals surface area (Å²) in [7, 11) is 0. The first-order valence-corrected chi connectivity index (χ1v) is 20.4. The van der Waals surface area contributed by atoms with Gasteiger partial charge in [-0.2, -0.15) is 0 Å². The molecule has 0 atom stereocenters. The topological polar surface area (TPSA) is 0 Å². The van der Waals surface area contributed by atoms with Crippen LogP contribution in [0.15, 0.2) is 48.5 Å². The number of thiophene rings is 6. The van der Waals surface area contributed by atoms with Gasteiger partial charge in [-0.25, -0.2) is 0 Å². The highest BCUT2D eigenvalue weighted by atomic mass is 32.1. The Morgan fingerprint density at radius 2 is 1.07 bits per heavy atom. The number of hydrogen-bond donors (Lipinski definition) is 0. The Morgan fingerprint density at radius 3 is 1.71 bits per heavy atom. The molecular weight excluding hydrogens is 625 g/mol. The summed E-state index contributed by atoms with van der Waals surface area (Å²) in [6.07, 6.45) is 13.0. The maximum atomic E-state index is 2.49. The van der Waals surface area contributed by atoms with E-state index in [1.165, 1.54) is 134 Å². The summed E-state index contributed by atoms with van der Waals surface area (Å²) in [5.74, 6) is 0. The van der Waals surface area contributed by atoms with Crippen molar-refractivity contribution in [1.29, 1.82) is 0 Å². The van der Waals surface area contributed by atoms with Gasteiger partial charge in [0.15, 0.2) is 0 Å². The minimum atomic E-state index is 1.21. The summed E-state index contributed by atoms with van der Waals surface area (Å²) in [6.45, 7) is 9.11. The first kappa shape index (κ1) is 30.5. The van der Waals surface area contributed by atoms with Crippen LogP contribution in [-0.4, -0.2) is 0 Å². The van der Waals surface area contributed by atoms with Crippen LogP contribution in [0, 0.1) is 13.8 Å². The van der Waals surface area contributed by atoms with E-state index in [1.807, 2.05) is 68.0 Å². The van der Waals surface area contributed by atoms with Gasteiger partial charge in [0, 0.05) is 64.4 Å². The van der Waals surface area contributed by atoms with Crippen LogP contribution in [0.3, 0.4) is 0 Å². The van der Waals surface area contributed by atoms with E-state index in [1.54, 1.807) is 0 Å². The molecule has 220 valence electrons. The van der Waals surface area contributed by atoms with E-state index in [-0.39, 0.29) is 0 Å². The van der Waals surface area contributed by atoms with Gasteiger partial charge in [0.2, 0.25) is 0 Å². The van der Waals surface area contributed by atoms with E-state index in [2.05, 4.69) is 76.2 Å². The zero-order valence-corrected chi connectivity index (χ0v) is 30.0. The van der Waals surface area contributed by atoms with E-state index in [9.17, 15) is 0 Å². The molecule has 6 aromatic heterocycles. The highest BCUT2D eigenvalue weighted by molar-refractivity contribution is 7.32. The summed E-state index contributed by atoms with van der Waals surface area (Å²) in [5.41, 5.74) is 2.84. The Hall–Kier alpha value is -1.54. The average molecular weight is 665 g/mol. The molecule has 0 radical (unpaired) electrons. The molecule has 6 heteroatoms. The van der Waals surface area contributed by atoms with Crippen LogP contribution >= 0.6 is 68.0 Å². The molecule has 0 aliphatic carbocycles. The molecule has 0 N–H and O–H groups in total. The molecule has 0 aromatic carbocycles. The van der Waals surface area contributed by atoms with Gasteiger partial charge in [-0.05, 0) is 88.1 Å². The lowest BCUT2D eigenvalue weighted by Crippen LogP contribution is -1.80. The summed E-state index contributed by atoms with van der Waals surface area (Å²) in [5, 5.41) is 0. The second-order valence-corrected chi connectivity index (χ2v) is 18.3. The van der Waals surface area contributed by atoms with E-state index in [0.717, 1.165) is 0 Å². The molecule has 0 saturated carbocycles.